The summed E-state index contributed by atoms with van der Waals surface area (Å²) >= 11 is 0. The fourth-order valence-electron chi connectivity index (χ4n) is 3.90. The first-order chi connectivity index (χ1) is 15.2. The molecule has 1 amide bonds. The molecule has 0 aromatic heterocycles. The molecule has 0 atom stereocenters. The summed E-state index contributed by atoms with van der Waals surface area (Å²) in [4.78, 5) is 17.2. The van der Waals surface area contributed by atoms with Gasteiger partial charge in [-0.1, -0.05) is 30.3 Å². The number of ether oxygens (including phenoxy) is 1. The van der Waals surface area contributed by atoms with Crippen LogP contribution in [0.5, 0.6) is 5.75 Å². The standard InChI is InChI=1S/C26H29N3O2/c1-31-25-9-5-6-21(20-25)14-15-27-23-12-10-22(11-13-23)26(30)29-18-16-28(17-19-29)24-7-3-2-4-8-24/h2-13,20,27H,14-19H2,1H3. The van der Waals surface area contributed by atoms with Crippen LogP contribution < -0.4 is 15.0 Å². The molecule has 1 aliphatic rings. The molecule has 0 bridgehead atoms. The number of carbonyl (C=O) groups is 1. The van der Waals surface area contributed by atoms with Crippen molar-refractivity contribution in [3.63, 3.8) is 0 Å². The molecular weight excluding hydrogens is 386 g/mol. The number of nitrogens with zero attached hydrogens (tertiary/aromatic N) is 2. The Hall–Kier alpha value is -3.47. The molecule has 0 saturated carbocycles. The van der Waals surface area contributed by atoms with Gasteiger partial charge in [0.15, 0.2) is 0 Å². The third-order valence-electron chi connectivity index (χ3n) is 5.70. The van der Waals surface area contributed by atoms with Gasteiger partial charge in [0.2, 0.25) is 0 Å². The van der Waals surface area contributed by atoms with E-state index >= 15 is 0 Å². The van der Waals surface area contributed by atoms with Gasteiger partial charge in [-0.05, 0) is 60.5 Å². The molecule has 160 valence electrons. The number of rotatable bonds is 7. The second kappa shape index (κ2) is 10.0. The van der Waals surface area contributed by atoms with Crippen molar-refractivity contribution in [2.45, 2.75) is 6.42 Å². The molecule has 0 aliphatic carbocycles. The normalized spacial score (nSPS) is 13.7. The number of hydrogen-bond acceptors (Lipinski definition) is 4. The van der Waals surface area contributed by atoms with Crippen LogP contribution in [0.25, 0.3) is 0 Å². The minimum Gasteiger partial charge on any atom is -0.497 e. The average Bonchev–Trinajstić information content (AvgIpc) is 2.85. The molecule has 5 nitrogen and oxygen atoms in total. The highest BCUT2D eigenvalue weighted by Gasteiger charge is 2.22. The Labute approximate surface area is 184 Å². The predicted octanol–water partition coefficient (Wildman–Crippen LogP) is 4.31. The van der Waals surface area contributed by atoms with Crippen LogP contribution in [0.2, 0.25) is 0 Å². The maximum atomic E-state index is 12.9. The molecule has 1 fully saturated rings. The quantitative estimate of drug-likeness (QED) is 0.625. The molecule has 1 N–H and O–H groups in total. The fourth-order valence-corrected chi connectivity index (χ4v) is 3.90. The lowest BCUT2D eigenvalue weighted by molar-refractivity contribution is 0.0747. The van der Waals surface area contributed by atoms with Crippen LogP contribution in [0.4, 0.5) is 11.4 Å². The first-order valence-electron chi connectivity index (χ1n) is 10.8. The molecule has 31 heavy (non-hydrogen) atoms. The fraction of sp³-hybridized carbons (Fsp3) is 0.269. The Balaban J connectivity index is 1.26. The number of anilines is 2. The lowest BCUT2D eigenvalue weighted by Gasteiger charge is -2.36. The van der Waals surface area contributed by atoms with E-state index in [0.29, 0.717) is 0 Å². The molecule has 1 heterocycles. The van der Waals surface area contributed by atoms with Gasteiger partial charge in [0.1, 0.15) is 5.75 Å². The number of benzene rings is 3. The molecule has 0 radical (unpaired) electrons. The molecule has 4 rings (SSSR count). The zero-order valence-corrected chi connectivity index (χ0v) is 18.0. The SMILES string of the molecule is COc1cccc(CCNc2ccc(C(=O)N3CCN(c4ccccc4)CC3)cc2)c1. The van der Waals surface area contributed by atoms with Gasteiger partial charge in [0, 0.05) is 49.7 Å². The lowest BCUT2D eigenvalue weighted by atomic mass is 10.1. The topological polar surface area (TPSA) is 44.8 Å². The summed E-state index contributed by atoms with van der Waals surface area (Å²) in [7, 11) is 1.68. The van der Waals surface area contributed by atoms with Gasteiger partial charge >= 0.3 is 0 Å². The van der Waals surface area contributed by atoms with Crippen LogP contribution in [0.15, 0.2) is 78.9 Å². The summed E-state index contributed by atoms with van der Waals surface area (Å²) < 4.78 is 5.27. The minimum absolute atomic E-state index is 0.107. The largest absolute Gasteiger partial charge is 0.497 e. The van der Waals surface area contributed by atoms with Crippen LogP contribution >= 0.6 is 0 Å². The zero-order chi connectivity index (χ0) is 21.5. The van der Waals surface area contributed by atoms with Crippen molar-refractivity contribution >= 4 is 17.3 Å². The van der Waals surface area contributed by atoms with Crippen molar-refractivity contribution in [1.82, 2.24) is 4.90 Å². The minimum atomic E-state index is 0.107. The molecule has 3 aromatic carbocycles. The molecule has 0 spiro atoms. The third-order valence-corrected chi connectivity index (χ3v) is 5.70. The van der Waals surface area contributed by atoms with E-state index in [9.17, 15) is 4.79 Å². The summed E-state index contributed by atoms with van der Waals surface area (Å²) in [5.74, 6) is 0.987. The van der Waals surface area contributed by atoms with Crippen LogP contribution in [-0.4, -0.2) is 50.6 Å². The van der Waals surface area contributed by atoms with Gasteiger partial charge in [-0.15, -0.1) is 0 Å². The maximum absolute atomic E-state index is 12.9. The van der Waals surface area contributed by atoms with Crippen LogP contribution in [0.1, 0.15) is 15.9 Å². The van der Waals surface area contributed by atoms with Crippen molar-refractivity contribution in [3.8, 4) is 5.75 Å². The van der Waals surface area contributed by atoms with Crippen LogP contribution in [0, 0.1) is 0 Å². The smallest absolute Gasteiger partial charge is 0.253 e. The highest BCUT2D eigenvalue weighted by Crippen LogP contribution is 2.18. The second-order valence-corrected chi connectivity index (χ2v) is 7.72. The number of piperazine rings is 1. The number of hydrogen-bond donors (Lipinski definition) is 1. The Morgan fingerprint density at radius 2 is 1.65 bits per heavy atom. The van der Waals surface area contributed by atoms with Gasteiger partial charge in [0.05, 0.1) is 7.11 Å². The van der Waals surface area contributed by atoms with E-state index in [1.807, 2.05) is 47.4 Å². The molecule has 1 aliphatic heterocycles. The first-order valence-corrected chi connectivity index (χ1v) is 10.8. The molecule has 1 saturated heterocycles. The van der Waals surface area contributed by atoms with E-state index in [4.69, 9.17) is 4.74 Å². The van der Waals surface area contributed by atoms with Gasteiger partial charge < -0.3 is 19.9 Å². The zero-order valence-electron chi connectivity index (χ0n) is 18.0. The Bertz CT molecular complexity index is 981. The van der Waals surface area contributed by atoms with Crippen molar-refractivity contribution in [2.75, 3.05) is 50.1 Å². The Kier molecular flexibility index (Phi) is 6.72. The van der Waals surface area contributed by atoms with E-state index in [-0.39, 0.29) is 5.91 Å². The number of methoxy groups -OCH3 is 1. The number of amides is 1. The first kappa shape index (κ1) is 20.8. The summed E-state index contributed by atoms with van der Waals surface area (Å²) in [5, 5.41) is 3.43. The number of carbonyl (C=O) groups excluding carboxylic acids is 1. The third kappa shape index (κ3) is 5.37. The second-order valence-electron chi connectivity index (χ2n) is 7.72. The van der Waals surface area contributed by atoms with E-state index in [1.165, 1.54) is 11.3 Å². The van der Waals surface area contributed by atoms with Crippen LogP contribution in [-0.2, 0) is 6.42 Å². The molecular formula is C26H29N3O2. The lowest BCUT2D eigenvalue weighted by Crippen LogP contribution is -2.48. The van der Waals surface area contributed by atoms with Crippen molar-refractivity contribution in [3.05, 3.63) is 90.0 Å². The highest BCUT2D eigenvalue weighted by molar-refractivity contribution is 5.94. The van der Waals surface area contributed by atoms with Gasteiger partial charge in [-0.25, -0.2) is 0 Å². The highest BCUT2D eigenvalue weighted by atomic mass is 16.5. The summed E-state index contributed by atoms with van der Waals surface area (Å²) in [6.45, 7) is 4.03. The van der Waals surface area contributed by atoms with E-state index < -0.39 is 0 Å². The maximum Gasteiger partial charge on any atom is 0.253 e. The Morgan fingerprint density at radius 1 is 0.903 bits per heavy atom. The average molecular weight is 416 g/mol. The monoisotopic (exact) mass is 415 g/mol. The summed E-state index contributed by atoms with van der Waals surface area (Å²) in [6.07, 6.45) is 0.906. The number of nitrogens with one attached hydrogen (secondary N) is 1. The molecule has 5 heteroatoms. The van der Waals surface area contributed by atoms with Crippen molar-refractivity contribution < 1.29 is 9.53 Å². The van der Waals surface area contributed by atoms with E-state index in [1.54, 1.807) is 7.11 Å². The van der Waals surface area contributed by atoms with E-state index in [2.05, 4.69) is 46.6 Å². The van der Waals surface area contributed by atoms with Crippen molar-refractivity contribution in [1.29, 1.82) is 0 Å². The predicted molar refractivity (Wildman–Crippen MR) is 126 cm³/mol. The van der Waals surface area contributed by atoms with Gasteiger partial charge in [0.25, 0.3) is 5.91 Å². The summed E-state index contributed by atoms with van der Waals surface area (Å²) in [5.41, 5.74) is 4.21. The number of para-hydroxylation sites is 1. The van der Waals surface area contributed by atoms with Gasteiger partial charge in [-0.2, -0.15) is 0 Å². The molecule has 0 unspecified atom stereocenters. The van der Waals surface area contributed by atoms with E-state index in [0.717, 1.165) is 56.1 Å². The Morgan fingerprint density at radius 3 is 2.35 bits per heavy atom. The van der Waals surface area contributed by atoms with Gasteiger partial charge in [-0.3, -0.25) is 4.79 Å². The molecule has 3 aromatic rings. The van der Waals surface area contributed by atoms with Crippen molar-refractivity contribution in [2.24, 2.45) is 0 Å². The summed E-state index contributed by atoms with van der Waals surface area (Å²) in [6, 6.07) is 26.3. The van der Waals surface area contributed by atoms with Crippen LogP contribution in [0.3, 0.4) is 0 Å².